The highest BCUT2D eigenvalue weighted by Gasteiger charge is 2.35. The van der Waals surface area contributed by atoms with Crippen LogP contribution in [0.4, 0.5) is 9.59 Å². The van der Waals surface area contributed by atoms with Crippen LogP contribution in [0.25, 0.3) is 0 Å². The van der Waals surface area contributed by atoms with E-state index in [0.717, 1.165) is 5.56 Å². The Morgan fingerprint density at radius 3 is 2.43 bits per heavy atom. The van der Waals surface area contributed by atoms with Crippen molar-refractivity contribution in [1.29, 1.82) is 0 Å². The molecule has 0 aliphatic carbocycles. The van der Waals surface area contributed by atoms with Crippen LogP contribution in [0, 0.1) is 0 Å². The lowest BCUT2D eigenvalue weighted by Gasteiger charge is -2.33. The average Bonchev–Trinajstić information content (AvgIpc) is 2.82. The molecule has 1 aromatic carbocycles. The normalized spacial score (nSPS) is 16.9. The van der Waals surface area contributed by atoms with Gasteiger partial charge in [-0.15, -0.1) is 0 Å². The number of amides is 3. The fourth-order valence-corrected chi connectivity index (χ4v) is 4.05. The Morgan fingerprint density at radius 1 is 1.11 bits per heavy atom. The molecule has 0 aromatic heterocycles. The Hall–Kier alpha value is -2.69. The summed E-state index contributed by atoms with van der Waals surface area (Å²) in [6, 6.07) is 6.94. The summed E-state index contributed by atoms with van der Waals surface area (Å²) in [5.74, 6) is 0.396. The Morgan fingerprint density at radius 2 is 1.83 bits per heavy atom. The summed E-state index contributed by atoms with van der Waals surface area (Å²) in [6.07, 6.45) is 2.95. The standard InChI is InChI=1S/C23H35B2N3O7/c1-23(2,3)34-22(30)28-13-9-19(10-14-28)25(33)35-20-6-4-5-17(15-20)16-26-21(29)27-11-7-18(8-12-27)24(31)32/h4-7,15,19,31-33H,8-14,16H2,1-3H3,(H,26,29). The van der Waals surface area contributed by atoms with Gasteiger partial charge < -0.3 is 39.6 Å². The first-order chi connectivity index (χ1) is 16.5. The lowest BCUT2D eigenvalue weighted by Crippen LogP contribution is -2.44. The van der Waals surface area contributed by atoms with Gasteiger partial charge in [0.25, 0.3) is 0 Å². The molecule has 3 amide bonds. The van der Waals surface area contributed by atoms with Crippen LogP contribution in [0.15, 0.2) is 35.8 Å². The minimum absolute atomic E-state index is 0.105. The smallest absolute Gasteiger partial charge is 0.526 e. The highest BCUT2D eigenvalue weighted by molar-refractivity contribution is 6.50. The molecule has 12 heteroatoms. The molecule has 35 heavy (non-hydrogen) atoms. The molecular weight excluding hydrogens is 452 g/mol. The second-order valence-corrected chi connectivity index (χ2v) is 9.97. The van der Waals surface area contributed by atoms with E-state index in [0.29, 0.717) is 56.7 Å². The van der Waals surface area contributed by atoms with E-state index in [2.05, 4.69) is 5.32 Å². The van der Waals surface area contributed by atoms with E-state index in [1.54, 1.807) is 34.1 Å². The zero-order chi connectivity index (χ0) is 25.6. The summed E-state index contributed by atoms with van der Waals surface area (Å²) in [7, 11) is -2.48. The molecule has 190 valence electrons. The second kappa shape index (κ2) is 11.8. The fourth-order valence-electron chi connectivity index (χ4n) is 4.05. The molecule has 0 spiro atoms. The van der Waals surface area contributed by atoms with Crippen molar-refractivity contribution in [3.05, 3.63) is 41.4 Å². The van der Waals surface area contributed by atoms with Crippen molar-refractivity contribution in [3.8, 4) is 5.75 Å². The fraction of sp³-hybridized carbons (Fsp3) is 0.565. The Bertz CT molecular complexity index is 915. The molecule has 1 fully saturated rings. The first-order valence-electron chi connectivity index (χ1n) is 12.0. The van der Waals surface area contributed by atoms with Crippen LogP contribution in [0.1, 0.15) is 45.6 Å². The van der Waals surface area contributed by atoms with E-state index in [4.69, 9.17) is 9.39 Å². The van der Waals surface area contributed by atoms with Gasteiger partial charge in [0.1, 0.15) is 11.4 Å². The van der Waals surface area contributed by atoms with Gasteiger partial charge in [0, 0.05) is 38.5 Å². The second-order valence-electron chi connectivity index (χ2n) is 9.97. The summed E-state index contributed by atoms with van der Waals surface area (Å²) < 4.78 is 11.2. The van der Waals surface area contributed by atoms with Gasteiger partial charge in [0.05, 0.1) is 0 Å². The summed E-state index contributed by atoms with van der Waals surface area (Å²) in [6.45, 7) is 7.51. The summed E-state index contributed by atoms with van der Waals surface area (Å²) in [5.41, 5.74) is 0.800. The van der Waals surface area contributed by atoms with Crippen molar-refractivity contribution in [2.75, 3.05) is 26.2 Å². The van der Waals surface area contributed by atoms with Gasteiger partial charge in [-0.1, -0.05) is 18.2 Å². The molecule has 1 saturated heterocycles. The third-order valence-electron chi connectivity index (χ3n) is 6.06. The molecule has 2 aliphatic rings. The maximum Gasteiger partial charge on any atom is 0.526 e. The molecule has 3 rings (SSSR count). The molecule has 0 atom stereocenters. The van der Waals surface area contributed by atoms with Crippen molar-refractivity contribution in [2.24, 2.45) is 0 Å². The number of piperidine rings is 1. The molecule has 0 unspecified atom stereocenters. The lowest BCUT2D eigenvalue weighted by molar-refractivity contribution is 0.0211. The van der Waals surface area contributed by atoms with Crippen LogP contribution < -0.4 is 9.97 Å². The van der Waals surface area contributed by atoms with Crippen molar-refractivity contribution >= 4 is 26.4 Å². The van der Waals surface area contributed by atoms with Gasteiger partial charge in [-0.05, 0) is 63.2 Å². The Kier molecular flexibility index (Phi) is 9.09. The van der Waals surface area contributed by atoms with E-state index < -0.39 is 19.8 Å². The number of hydrogen-bond donors (Lipinski definition) is 4. The number of nitrogens with one attached hydrogen (secondary N) is 1. The number of rotatable bonds is 6. The molecule has 10 nitrogen and oxygen atoms in total. The molecule has 4 N–H and O–H groups in total. The van der Waals surface area contributed by atoms with Gasteiger partial charge in [0.15, 0.2) is 0 Å². The Labute approximate surface area is 207 Å². The van der Waals surface area contributed by atoms with E-state index in [-0.39, 0.29) is 24.5 Å². The van der Waals surface area contributed by atoms with Gasteiger partial charge in [-0.25, -0.2) is 9.59 Å². The number of likely N-dealkylation sites (tertiary alicyclic amines) is 1. The number of carbonyl (C=O) groups excluding carboxylic acids is 2. The SMILES string of the molecule is CC(C)(C)OC(=O)N1CCC(B(O)Oc2cccc(CNC(=O)N3CC=C(B(O)O)CC3)c2)CC1. The number of ether oxygens (including phenoxy) is 1. The van der Waals surface area contributed by atoms with Gasteiger partial charge in [-0.3, -0.25) is 0 Å². The quantitative estimate of drug-likeness (QED) is 0.450. The third-order valence-corrected chi connectivity index (χ3v) is 6.06. The minimum Gasteiger partial charge on any atom is -0.536 e. The summed E-state index contributed by atoms with van der Waals surface area (Å²) >= 11 is 0. The molecule has 1 aromatic rings. The van der Waals surface area contributed by atoms with Gasteiger partial charge in [0.2, 0.25) is 0 Å². The van der Waals surface area contributed by atoms with Crippen molar-refractivity contribution in [3.63, 3.8) is 0 Å². The van der Waals surface area contributed by atoms with E-state index in [1.165, 1.54) is 0 Å². The molecule has 2 heterocycles. The van der Waals surface area contributed by atoms with Gasteiger partial charge >= 0.3 is 26.4 Å². The topological polar surface area (TPSA) is 132 Å². The van der Waals surface area contributed by atoms with E-state index in [9.17, 15) is 24.7 Å². The van der Waals surface area contributed by atoms with Crippen molar-refractivity contribution < 1.29 is 34.1 Å². The van der Waals surface area contributed by atoms with Crippen molar-refractivity contribution in [2.45, 2.75) is 58.0 Å². The third kappa shape index (κ3) is 8.19. The Balaban J connectivity index is 1.45. The highest BCUT2D eigenvalue weighted by Crippen LogP contribution is 2.28. The number of nitrogens with zero attached hydrogens (tertiary/aromatic N) is 2. The maximum atomic E-state index is 12.4. The molecule has 2 aliphatic heterocycles. The monoisotopic (exact) mass is 487 g/mol. The first-order valence-corrected chi connectivity index (χ1v) is 12.0. The molecule has 0 saturated carbocycles. The molecule has 0 radical (unpaired) electrons. The lowest BCUT2D eigenvalue weighted by atomic mass is 9.67. The predicted octanol–water partition coefficient (Wildman–Crippen LogP) is 1.80. The van der Waals surface area contributed by atoms with Gasteiger partial charge in [-0.2, -0.15) is 0 Å². The van der Waals surface area contributed by atoms with Crippen LogP contribution in [0.5, 0.6) is 5.75 Å². The first kappa shape index (κ1) is 26.9. The summed E-state index contributed by atoms with van der Waals surface area (Å²) in [5, 5.41) is 31.9. The zero-order valence-electron chi connectivity index (χ0n) is 20.6. The van der Waals surface area contributed by atoms with Crippen LogP contribution in [-0.4, -0.2) is 83.0 Å². The van der Waals surface area contributed by atoms with E-state index in [1.807, 2.05) is 26.8 Å². The average molecular weight is 487 g/mol. The predicted molar refractivity (Wildman–Crippen MR) is 133 cm³/mol. The number of hydrogen-bond acceptors (Lipinski definition) is 7. The number of urea groups is 1. The highest BCUT2D eigenvalue weighted by atomic mass is 16.6. The van der Waals surface area contributed by atoms with Crippen LogP contribution in [0.2, 0.25) is 5.82 Å². The minimum atomic E-state index is -1.48. The van der Waals surface area contributed by atoms with E-state index >= 15 is 0 Å². The van der Waals surface area contributed by atoms with Crippen LogP contribution in [-0.2, 0) is 11.3 Å². The largest absolute Gasteiger partial charge is 0.536 e. The number of benzene rings is 1. The number of carbonyl (C=O) groups is 2. The van der Waals surface area contributed by atoms with Crippen LogP contribution >= 0.6 is 0 Å². The van der Waals surface area contributed by atoms with Crippen molar-refractivity contribution in [1.82, 2.24) is 15.1 Å². The van der Waals surface area contributed by atoms with Crippen LogP contribution in [0.3, 0.4) is 0 Å². The maximum absolute atomic E-state index is 12.4. The molecular formula is C23H35B2N3O7. The molecule has 0 bridgehead atoms. The summed E-state index contributed by atoms with van der Waals surface area (Å²) in [4.78, 5) is 27.9. The zero-order valence-corrected chi connectivity index (χ0v) is 20.6.